The van der Waals surface area contributed by atoms with Crippen molar-refractivity contribution in [3.8, 4) is 0 Å². The van der Waals surface area contributed by atoms with Crippen LogP contribution in [-0.2, 0) is 6.54 Å². The van der Waals surface area contributed by atoms with Crippen LogP contribution >= 0.6 is 22.6 Å². The van der Waals surface area contributed by atoms with Crippen LogP contribution in [0.25, 0.3) is 10.8 Å². The fourth-order valence-corrected chi connectivity index (χ4v) is 3.70. The van der Waals surface area contributed by atoms with Crippen molar-refractivity contribution in [2.45, 2.75) is 6.54 Å². The Morgan fingerprint density at radius 3 is 2.53 bits per heavy atom. The van der Waals surface area contributed by atoms with E-state index in [4.69, 9.17) is 0 Å². The van der Waals surface area contributed by atoms with Gasteiger partial charge in [0.15, 0.2) is 0 Å². The Bertz CT molecular complexity index is 1220. The van der Waals surface area contributed by atoms with E-state index in [1.165, 1.54) is 0 Å². The Morgan fingerprint density at radius 2 is 1.70 bits per heavy atom. The minimum absolute atomic E-state index is 0.255. The summed E-state index contributed by atoms with van der Waals surface area (Å²) in [5.74, 6) is -0.514. The summed E-state index contributed by atoms with van der Waals surface area (Å²) in [6.07, 6.45) is 3.39. The van der Waals surface area contributed by atoms with Gasteiger partial charge in [0.05, 0.1) is 11.3 Å². The summed E-state index contributed by atoms with van der Waals surface area (Å²) in [5.41, 5.74) is 2.35. The van der Waals surface area contributed by atoms with Crippen molar-refractivity contribution in [1.82, 2.24) is 10.3 Å². The highest BCUT2D eigenvalue weighted by atomic mass is 127. The first kappa shape index (κ1) is 20.0. The lowest BCUT2D eigenvalue weighted by molar-refractivity contribution is 0.0951. The van der Waals surface area contributed by atoms with Crippen LogP contribution in [0.5, 0.6) is 0 Å². The highest BCUT2D eigenvalue weighted by molar-refractivity contribution is 14.1. The second-order valence-electron chi connectivity index (χ2n) is 6.71. The highest BCUT2D eigenvalue weighted by Crippen LogP contribution is 2.23. The second-order valence-corrected chi connectivity index (χ2v) is 7.96. The first-order chi connectivity index (χ1) is 14.6. The molecule has 0 unspecified atom stereocenters. The van der Waals surface area contributed by atoms with E-state index >= 15 is 0 Å². The normalized spacial score (nSPS) is 10.6. The standard InChI is InChI=1S/C24H18IN3O2/c25-18-10-11-22(21(13-18)23(29)27-15-16-5-4-12-26-14-16)28-24(30)20-9-3-7-17-6-1-2-8-19(17)20/h1-14H,15H2,(H,27,29)(H,28,30). The molecule has 148 valence electrons. The van der Waals surface area contributed by atoms with Gasteiger partial charge >= 0.3 is 0 Å². The molecule has 1 heterocycles. The summed E-state index contributed by atoms with van der Waals surface area (Å²) >= 11 is 2.15. The molecule has 0 aliphatic rings. The number of fused-ring (bicyclic) bond motifs is 1. The first-order valence-electron chi connectivity index (χ1n) is 9.37. The molecule has 4 rings (SSSR count). The number of pyridine rings is 1. The van der Waals surface area contributed by atoms with Crippen LogP contribution in [0.4, 0.5) is 5.69 Å². The Kier molecular flexibility index (Phi) is 6.04. The number of halogens is 1. The molecule has 0 bridgehead atoms. The van der Waals surface area contributed by atoms with Gasteiger partial charge in [-0.25, -0.2) is 0 Å². The number of carbonyl (C=O) groups excluding carboxylic acids is 2. The third kappa shape index (κ3) is 4.49. The van der Waals surface area contributed by atoms with Crippen LogP contribution in [0.2, 0.25) is 0 Å². The zero-order valence-electron chi connectivity index (χ0n) is 15.9. The molecule has 2 N–H and O–H groups in total. The van der Waals surface area contributed by atoms with E-state index < -0.39 is 0 Å². The molecule has 0 saturated heterocycles. The van der Waals surface area contributed by atoms with E-state index in [2.05, 4.69) is 38.2 Å². The maximum atomic E-state index is 13.0. The monoisotopic (exact) mass is 507 g/mol. The number of nitrogens with zero attached hydrogens (tertiary/aromatic N) is 1. The topological polar surface area (TPSA) is 71.1 Å². The van der Waals surface area contributed by atoms with E-state index in [0.29, 0.717) is 23.4 Å². The van der Waals surface area contributed by atoms with Gasteiger partial charge in [0.2, 0.25) is 0 Å². The summed E-state index contributed by atoms with van der Waals surface area (Å²) in [7, 11) is 0. The number of rotatable bonds is 5. The van der Waals surface area contributed by atoms with E-state index in [-0.39, 0.29) is 11.8 Å². The van der Waals surface area contributed by atoms with Gasteiger partial charge in [-0.3, -0.25) is 14.6 Å². The lowest BCUT2D eigenvalue weighted by atomic mass is 10.0. The number of hydrogen-bond donors (Lipinski definition) is 2. The molecule has 6 heteroatoms. The number of amides is 2. The van der Waals surface area contributed by atoms with Crippen molar-refractivity contribution in [2.24, 2.45) is 0 Å². The molecule has 3 aromatic carbocycles. The Morgan fingerprint density at radius 1 is 0.867 bits per heavy atom. The van der Waals surface area contributed by atoms with Gasteiger partial charge in [-0.1, -0.05) is 42.5 Å². The van der Waals surface area contributed by atoms with Crippen molar-refractivity contribution < 1.29 is 9.59 Å². The molecule has 0 fully saturated rings. The quantitative estimate of drug-likeness (QED) is 0.373. The van der Waals surface area contributed by atoms with Crippen LogP contribution < -0.4 is 10.6 Å². The number of hydrogen-bond acceptors (Lipinski definition) is 3. The Labute approximate surface area is 187 Å². The van der Waals surface area contributed by atoms with E-state index in [0.717, 1.165) is 19.9 Å². The van der Waals surface area contributed by atoms with Gasteiger partial charge in [-0.05, 0) is 69.3 Å². The van der Waals surface area contributed by atoms with Crippen molar-refractivity contribution >= 4 is 50.9 Å². The molecular formula is C24H18IN3O2. The van der Waals surface area contributed by atoms with Crippen molar-refractivity contribution in [1.29, 1.82) is 0 Å². The van der Waals surface area contributed by atoms with Crippen LogP contribution in [0.15, 0.2) is 85.2 Å². The third-order valence-corrected chi connectivity index (χ3v) is 5.36. The maximum Gasteiger partial charge on any atom is 0.256 e. The molecule has 4 aromatic rings. The fraction of sp³-hybridized carbons (Fsp3) is 0.0417. The third-order valence-electron chi connectivity index (χ3n) is 4.68. The van der Waals surface area contributed by atoms with E-state index in [1.54, 1.807) is 30.6 Å². The molecule has 0 radical (unpaired) electrons. The molecule has 0 aliphatic heterocycles. The summed E-state index contributed by atoms with van der Waals surface area (Å²) in [6.45, 7) is 0.356. The Balaban J connectivity index is 1.58. The minimum Gasteiger partial charge on any atom is -0.348 e. The van der Waals surface area contributed by atoms with Crippen LogP contribution in [0, 0.1) is 3.57 Å². The predicted octanol–water partition coefficient (Wildman–Crippen LogP) is 5.02. The summed E-state index contributed by atoms with van der Waals surface area (Å²) in [6, 6.07) is 22.4. The molecule has 30 heavy (non-hydrogen) atoms. The SMILES string of the molecule is O=C(NCc1cccnc1)c1cc(I)ccc1NC(=O)c1cccc2ccccc12. The lowest BCUT2D eigenvalue weighted by Crippen LogP contribution is -2.25. The van der Waals surface area contributed by atoms with Gasteiger partial charge in [-0.15, -0.1) is 0 Å². The van der Waals surface area contributed by atoms with E-state index in [1.807, 2.05) is 54.6 Å². The summed E-state index contributed by atoms with van der Waals surface area (Å²) in [5, 5.41) is 7.66. The number of aromatic nitrogens is 1. The number of benzene rings is 3. The number of carbonyl (C=O) groups is 2. The number of anilines is 1. The molecule has 1 aromatic heterocycles. The number of nitrogens with one attached hydrogen (secondary N) is 2. The molecule has 0 spiro atoms. The first-order valence-corrected chi connectivity index (χ1v) is 10.5. The van der Waals surface area contributed by atoms with Gasteiger partial charge in [0.1, 0.15) is 0 Å². The fourth-order valence-electron chi connectivity index (χ4n) is 3.21. The van der Waals surface area contributed by atoms with Crippen molar-refractivity contribution in [3.63, 3.8) is 0 Å². The molecule has 0 saturated carbocycles. The molecule has 2 amide bonds. The molecule has 0 atom stereocenters. The highest BCUT2D eigenvalue weighted by Gasteiger charge is 2.16. The van der Waals surface area contributed by atoms with Gasteiger partial charge in [0.25, 0.3) is 11.8 Å². The predicted molar refractivity (Wildman–Crippen MR) is 126 cm³/mol. The van der Waals surface area contributed by atoms with Crippen LogP contribution in [-0.4, -0.2) is 16.8 Å². The average Bonchev–Trinajstić information content (AvgIpc) is 2.79. The summed E-state index contributed by atoms with van der Waals surface area (Å²) < 4.78 is 0.905. The molecule has 0 aliphatic carbocycles. The molecular weight excluding hydrogens is 489 g/mol. The zero-order chi connectivity index (χ0) is 20.9. The van der Waals surface area contributed by atoms with E-state index in [9.17, 15) is 9.59 Å². The lowest BCUT2D eigenvalue weighted by Gasteiger charge is -2.13. The van der Waals surface area contributed by atoms with Gasteiger partial charge in [0, 0.05) is 28.1 Å². The zero-order valence-corrected chi connectivity index (χ0v) is 18.1. The van der Waals surface area contributed by atoms with Gasteiger partial charge in [-0.2, -0.15) is 0 Å². The van der Waals surface area contributed by atoms with Crippen LogP contribution in [0.3, 0.4) is 0 Å². The maximum absolute atomic E-state index is 13.0. The summed E-state index contributed by atoms with van der Waals surface area (Å²) in [4.78, 5) is 29.9. The molecule has 5 nitrogen and oxygen atoms in total. The van der Waals surface area contributed by atoms with Gasteiger partial charge < -0.3 is 10.6 Å². The average molecular weight is 507 g/mol. The van der Waals surface area contributed by atoms with Crippen molar-refractivity contribution in [3.05, 3.63) is 105 Å². The van der Waals surface area contributed by atoms with Crippen molar-refractivity contribution in [2.75, 3.05) is 5.32 Å². The Hall–Kier alpha value is -3.26. The smallest absolute Gasteiger partial charge is 0.256 e. The van der Waals surface area contributed by atoms with Crippen LogP contribution in [0.1, 0.15) is 26.3 Å². The minimum atomic E-state index is -0.259. The largest absolute Gasteiger partial charge is 0.348 e. The second kappa shape index (κ2) is 9.04.